The molecular formula is C11H13FINO. The third-order valence-electron chi connectivity index (χ3n) is 1.80. The molecule has 2 nitrogen and oxygen atoms in total. The van der Waals surface area contributed by atoms with E-state index in [1.54, 1.807) is 6.07 Å². The fourth-order valence-corrected chi connectivity index (χ4v) is 1.78. The van der Waals surface area contributed by atoms with Crippen LogP contribution in [0.15, 0.2) is 18.2 Å². The molecule has 0 spiro atoms. The zero-order valence-electron chi connectivity index (χ0n) is 8.68. The number of rotatable bonds is 3. The number of hydrogen-bond donors (Lipinski definition) is 1. The molecule has 1 aromatic carbocycles. The molecule has 0 aliphatic carbocycles. The van der Waals surface area contributed by atoms with Gasteiger partial charge in [-0.2, -0.15) is 0 Å². The lowest BCUT2D eigenvalue weighted by Crippen LogP contribution is -2.14. The first-order valence-electron chi connectivity index (χ1n) is 4.74. The van der Waals surface area contributed by atoms with Gasteiger partial charge in [-0.05, 0) is 46.7 Å². The number of anilines is 1. The zero-order valence-corrected chi connectivity index (χ0v) is 10.8. The Kier molecular flexibility index (Phi) is 4.50. The lowest BCUT2D eigenvalue weighted by atomic mass is 10.1. The molecule has 4 heteroatoms. The van der Waals surface area contributed by atoms with Crippen LogP contribution >= 0.6 is 22.6 Å². The third-order valence-corrected chi connectivity index (χ3v) is 2.69. The summed E-state index contributed by atoms with van der Waals surface area (Å²) in [5.41, 5.74) is 0.669. The first-order valence-corrected chi connectivity index (χ1v) is 5.82. The Bertz CT molecular complexity index is 366. The molecule has 0 heterocycles. The van der Waals surface area contributed by atoms with Gasteiger partial charge in [-0.3, -0.25) is 4.79 Å². The number of carbonyl (C=O) groups excluding carboxylic acids is 1. The maximum Gasteiger partial charge on any atom is 0.224 e. The average molecular weight is 321 g/mol. The van der Waals surface area contributed by atoms with Crippen LogP contribution in [0, 0.1) is 15.3 Å². The highest BCUT2D eigenvalue weighted by molar-refractivity contribution is 14.1. The molecule has 0 bridgehead atoms. The molecule has 0 aliphatic heterocycles. The van der Waals surface area contributed by atoms with Crippen LogP contribution in [0.2, 0.25) is 0 Å². The fraction of sp³-hybridized carbons (Fsp3) is 0.364. The maximum atomic E-state index is 12.8. The molecule has 1 amide bonds. The number of nitrogens with one attached hydrogen (secondary N) is 1. The molecular weight excluding hydrogens is 308 g/mol. The summed E-state index contributed by atoms with van der Waals surface area (Å²) in [4.78, 5) is 11.5. The van der Waals surface area contributed by atoms with Crippen LogP contribution in [0.25, 0.3) is 0 Å². The minimum absolute atomic E-state index is 0.0328. The lowest BCUT2D eigenvalue weighted by Gasteiger charge is -2.08. The first-order chi connectivity index (χ1) is 6.99. The first kappa shape index (κ1) is 12.4. The summed E-state index contributed by atoms with van der Waals surface area (Å²) in [6.45, 7) is 3.96. The van der Waals surface area contributed by atoms with Crippen LogP contribution in [-0.2, 0) is 4.79 Å². The largest absolute Gasteiger partial charge is 0.325 e. The summed E-state index contributed by atoms with van der Waals surface area (Å²) >= 11 is 2.00. The molecule has 1 aromatic rings. The Morgan fingerprint density at radius 2 is 2.20 bits per heavy atom. The van der Waals surface area contributed by atoms with Crippen LogP contribution < -0.4 is 5.32 Å². The number of hydrogen-bond acceptors (Lipinski definition) is 1. The lowest BCUT2D eigenvalue weighted by molar-refractivity contribution is -0.116. The maximum absolute atomic E-state index is 12.8. The molecule has 0 saturated carbocycles. The van der Waals surface area contributed by atoms with Gasteiger partial charge in [-0.25, -0.2) is 4.39 Å². The van der Waals surface area contributed by atoms with Gasteiger partial charge in [0, 0.05) is 9.99 Å². The molecule has 15 heavy (non-hydrogen) atoms. The summed E-state index contributed by atoms with van der Waals surface area (Å²) in [6.07, 6.45) is 0.480. The predicted molar refractivity (Wildman–Crippen MR) is 67.2 cm³/mol. The second-order valence-corrected chi connectivity index (χ2v) is 4.93. The van der Waals surface area contributed by atoms with Crippen molar-refractivity contribution in [2.24, 2.45) is 5.92 Å². The van der Waals surface area contributed by atoms with Gasteiger partial charge < -0.3 is 5.32 Å². The molecule has 0 saturated heterocycles. The van der Waals surface area contributed by atoms with E-state index in [1.165, 1.54) is 12.1 Å². The molecule has 1 N–H and O–H groups in total. The van der Waals surface area contributed by atoms with Crippen LogP contribution in [-0.4, -0.2) is 5.91 Å². The highest BCUT2D eigenvalue weighted by Crippen LogP contribution is 2.19. The van der Waals surface area contributed by atoms with Crippen molar-refractivity contribution in [1.29, 1.82) is 0 Å². The van der Waals surface area contributed by atoms with Crippen molar-refractivity contribution in [3.8, 4) is 0 Å². The van der Waals surface area contributed by atoms with Crippen LogP contribution in [0.1, 0.15) is 20.3 Å². The van der Waals surface area contributed by atoms with Crippen molar-refractivity contribution in [2.75, 3.05) is 5.32 Å². The minimum Gasteiger partial charge on any atom is -0.325 e. The Morgan fingerprint density at radius 3 is 2.73 bits per heavy atom. The Morgan fingerprint density at radius 1 is 1.53 bits per heavy atom. The number of carbonyl (C=O) groups is 1. The van der Waals surface area contributed by atoms with Crippen molar-refractivity contribution >= 4 is 34.2 Å². The van der Waals surface area contributed by atoms with Crippen molar-refractivity contribution in [3.63, 3.8) is 0 Å². The normalized spacial score (nSPS) is 10.5. The summed E-state index contributed by atoms with van der Waals surface area (Å²) < 4.78 is 13.5. The highest BCUT2D eigenvalue weighted by Gasteiger charge is 2.07. The number of amides is 1. The summed E-state index contributed by atoms with van der Waals surface area (Å²) in [5, 5.41) is 2.76. The zero-order chi connectivity index (χ0) is 11.4. The van der Waals surface area contributed by atoms with Gasteiger partial charge in [-0.1, -0.05) is 13.8 Å². The van der Waals surface area contributed by atoms with Gasteiger partial charge in [-0.15, -0.1) is 0 Å². The summed E-state index contributed by atoms with van der Waals surface area (Å²) in [6, 6.07) is 4.31. The van der Waals surface area contributed by atoms with Gasteiger partial charge in [0.05, 0.1) is 5.69 Å². The topological polar surface area (TPSA) is 29.1 Å². The van der Waals surface area contributed by atoms with E-state index >= 15 is 0 Å². The van der Waals surface area contributed by atoms with Crippen molar-refractivity contribution in [1.82, 2.24) is 0 Å². The van der Waals surface area contributed by atoms with Gasteiger partial charge in [0.25, 0.3) is 0 Å². The standard InChI is InChI=1S/C11H13FINO/c1-7(2)5-11(15)14-10-4-3-8(12)6-9(10)13/h3-4,6-7H,5H2,1-2H3,(H,14,15). The SMILES string of the molecule is CC(C)CC(=O)Nc1ccc(F)cc1I. The number of halogens is 2. The third kappa shape index (κ3) is 4.15. The molecule has 0 aromatic heterocycles. The van der Waals surface area contributed by atoms with E-state index in [0.29, 0.717) is 21.6 Å². The smallest absolute Gasteiger partial charge is 0.224 e. The van der Waals surface area contributed by atoms with Crippen LogP contribution in [0.3, 0.4) is 0 Å². The number of benzene rings is 1. The Hall–Kier alpha value is -0.650. The van der Waals surface area contributed by atoms with Crippen molar-refractivity contribution in [2.45, 2.75) is 20.3 Å². The second kappa shape index (κ2) is 5.44. The predicted octanol–water partition coefficient (Wildman–Crippen LogP) is 3.41. The van der Waals surface area contributed by atoms with E-state index in [4.69, 9.17) is 0 Å². The second-order valence-electron chi connectivity index (χ2n) is 3.77. The van der Waals surface area contributed by atoms with E-state index in [9.17, 15) is 9.18 Å². The summed E-state index contributed by atoms with van der Waals surface area (Å²) in [5.74, 6) is -0.00103. The average Bonchev–Trinajstić information content (AvgIpc) is 2.08. The molecule has 0 unspecified atom stereocenters. The van der Waals surface area contributed by atoms with Gasteiger partial charge >= 0.3 is 0 Å². The minimum atomic E-state index is -0.291. The Balaban J connectivity index is 2.68. The molecule has 0 atom stereocenters. The monoisotopic (exact) mass is 321 g/mol. The van der Waals surface area contributed by atoms with Gasteiger partial charge in [0.2, 0.25) is 5.91 Å². The van der Waals surface area contributed by atoms with Gasteiger partial charge in [0.15, 0.2) is 0 Å². The van der Waals surface area contributed by atoms with Crippen LogP contribution in [0.4, 0.5) is 10.1 Å². The fourth-order valence-electron chi connectivity index (χ4n) is 1.16. The van der Waals surface area contributed by atoms with E-state index in [1.807, 2.05) is 36.4 Å². The molecule has 0 radical (unpaired) electrons. The molecule has 0 fully saturated rings. The van der Waals surface area contributed by atoms with E-state index in [0.717, 1.165) is 0 Å². The van der Waals surface area contributed by atoms with E-state index in [2.05, 4.69) is 5.32 Å². The van der Waals surface area contributed by atoms with Crippen molar-refractivity contribution in [3.05, 3.63) is 27.6 Å². The van der Waals surface area contributed by atoms with E-state index < -0.39 is 0 Å². The Labute approximate surface area is 102 Å². The highest BCUT2D eigenvalue weighted by atomic mass is 127. The molecule has 1 rings (SSSR count). The van der Waals surface area contributed by atoms with Crippen molar-refractivity contribution < 1.29 is 9.18 Å². The van der Waals surface area contributed by atoms with E-state index in [-0.39, 0.29) is 11.7 Å². The quantitative estimate of drug-likeness (QED) is 0.849. The van der Waals surface area contributed by atoms with Crippen LogP contribution in [0.5, 0.6) is 0 Å². The molecule has 82 valence electrons. The van der Waals surface area contributed by atoms with Gasteiger partial charge in [0.1, 0.15) is 5.82 Å². The summed E-state index contributed by atoms with van der Waals surface area (Å²) in [7, 11) is 0. The molecule has 0 aliphatic rings.